The van der Waals surface area contributed by atoms with Crippen molar-refractivity contribution in [3.63, 3.8) is 0 Å². The summed E-state index contributed by atoms with van der Waals surface area (Å²) in [5.74, 6) is -0.459. The van der Waals surface area contributed by atoms with Crippen molar-refractivity contribution < 1.29 is 31.2 Å². The lowest BCUT2D eigenvalue weighted by atomic mass is 9.98. The highest BCUT2D eigenvalue weighted by Gasteiger charge is 2.40. The number of carbonyl (C=O) groups is 2. The molecule has 3 aliphatic rings. The summed E-state index contributed by atoms with van der Waals surface area (Å²) in [5, 5.41) is 0. The van der Waals surface area contributed by atoms with Crippen LogP contribution in [-0.2, 0) is 25.8 Å². The zero-order chi connectivity index (χ0) is 26.0. The summed E-state index contributed by atoms with van der Waals surface area (Å²) in [6.45, 7) is 3.68. The van der Waals surface area contributed by atoms with Gasteiger partial charge in [0.2, 0.25) is 21.8 Å². The smallest absolute Gasteiger partial charge is 0.308 e. The quantitative estimate of drug-likeness (QED) is 0.600. The minimum absolute atomic E-state index is 0.0417. The van der Waals surface area contributed by atoms with E-state index in [0.717, 1.165) is 29.3 Å². The summed E-state index contributed by atoms with van der Waals surface area (Å²) < 4.78 is 67.3. The highest BCUT2D eigenvalue weighted by Crippen LogP contribution is 2.43. The number of anilines is 3. The third kappa shape index (κ3) is 4.33. The van der Waals surface area contributed by atoms with Gasteiger partial charge in [0.05, 0.1) is 34.4 Å². The first-order valence-electron chi connectivity index (χ1n) is 11.8. The van der Waals surface area contributed by atoms with E-state index in [2.05, 4.69) is 0 Å². The number of halogens is 3. The Bertz CT molecular complexity index is 1350. The van der Waals surface area contributed by atoms with Crippen LogP contribution in [0.2, 0.25) is 0 Å². The second kappa shape index (κ2) is 8.50. The van der Waals surface area contributed by atoms with Gasteiger partial charge in [-0.15, -0.1) is 0 Å². The summed E-state index contributed by atoms with van der Waals surface area (Å²) in [6, 6.07) is 7.87. The average molecular weight is 522 g/mol. The number of carbonyl (C=O) groups excluding carboxylic acids is 2. The molecule has 5 rings (SSSR count). The Morgan fingerprint density at radius 2 is 1.72 bits per heavy atom. The molecule has 0 aromatic heterocycles. The number of hydrogen-bond acceptors (Lipinski definition) is 4. The summed E-state index contributed by atoms with van der Waals surface area (Å²) in [4.78, 5) is 28.7. The van der Waals surface area contributed by atoms with E-state index < -0.39 is 21.8 Å². The first-order valence-corrected chi connectivity index (χ1v) is 13.5. The zero-order valence-electron chi connectivity index (χ0n) is 19.9. The fourth-order valence-electron chi connectivity index (χ4n) is 5.06. The van der Waals surface area contributed by atoms with Crippen molar-refractivity contribution in [3.05, 3.63) is 42.0 Å². The van der Waals surface area contributed by atoms with Crippen LogP contribution in [0, 0.1) is 5.92 Å². The number of fused-ring (bicyclic) bond motifs is 1. The molecule has 7 nitrogen and oxygen atoms in total. The molecule has 2 heterocycles. The van der Waals surface area contributed by atoms with Gasteiger partial charge in [0.25, 0.3) is 0 Å². The van der Waals surface area contributed by atoms with E-state index in [1.54, 1.807) is 28.0 Å². The lowest BCUT2D eigenvalue weighted by Crippen LogP contribution is -2.51. The molecule has 2 aromatic rings. The van der Waals surface area contributed by atoms with E-state index in [1.807, 2.05) is 6.92 Å². The molecule has 2 fully saturated rings. The van der Waals surface area contributed by atoms with Crippen LogP contribution in [0.3, 0.4) is 0 Å². The summed E-state index contributed by atoms with van der Waals surface area (Å²) >= 11 is 0. The number of sulfonamides is 1. The summed E-state index contributed by atoms with van der Waals surface area (Å²) in [6.07, 6.45) is -2.77. The predicted molar refractivity (Wildman–Crippen MR) is 130 cm³/mol. The molecule has 1 atom stereocenters. The van der Waals surface area contributed by atoms with E-state index in [4.69, 9.17) is 0 Å². The number of hydrogen-bond donors (Lipinski definition) is 0. The molecule has 1 saturated carbocycles. The zero-order valence-corrected chi connectivity index (χ0v) is 20.7. The van der Waals surface area contributed by atoms with Gasteiger partial charge in [0, 0.05) is 25.9 Å². The van der Waals surface area contributed by atoms with Crippen LogP contribution in [0.1, 0.15) is 38.7 Å². The van der Waals surface area contributed by atoms with Crippen molar-refractivity contribution in [2.75, 3.05) is 32.9 Å². The number of amides is 2. The van der Waals surface area contributed by atoms with Crippen molar-refractivity contribution >= 4 is 38.9 Å². The Morgan fingerprint density at radius 3 is 2.31 bits per heavy atom. The molecule has 11 heteroatoms. The Kier molecular flexibility index (Phi) is 5.81. The molecule has 0 N–H and O–H groups in total. The van der Waals surface area contributed by atoms with Crippen LogP contribution >= 0.6 is 0 Å². The normalized spacial score (nSPS) is 21.5. The molecule has 1 aliphatic carbocycles. The maximum Gasteiger partial charge on any atom is 0.416 e. The third-order valence-corrected chi connectivity index (χ3v) is 8.78. The minimum Gasteiger partial charge on any atom is -0.308 e. The van der Waals surface area contributed by atoms with Gasteiger partial charge in [-0.1, -0.05) is 6.07 Å². The van der Waals surface area contributed by atoms with Crippen LogP contribution < -0.4 is 14.1 Å². The van der Waals surface area contributed by atoms with E-state index >= 15 is 0 Å². The van der Waals surface area contributed by atoms with Gasteiger partial charge in [0.1, 0.15) is 0 Å². The van der Waals surface area contributed by atoms with Crippen molar-refractivity contribution in [2.24, 2.45) is 5.92 Å². The van der Waals surface area contributed by atoms with Crippen molar-refractivity contribution in [1.82, 2.24) is 0 Å². The molecular weight excluding hydrogens is 495 g/mol. The lowest BCUT2D eigenvalue weighted by molar-refractivity contribution is -0.137. The monoisotopic (exact) mass is 521 g/mol. The minimum atomic E-state index is -4.68. The van der Waals surface area contributed by atoms with Gasteiger partial charge in [-0.25, -0.2) is 8.42 Å². The second-order valence-electron chi connectivity index (χ2n) is 9.67. The van der Waals surface area contributed by atoms with Crippen molar-refractivity contribution in [2.45, 2.75) is 45.3 Å². The molecule has 2 aliphatic heterocycles. The topological polar surface area (TPSA) is 78.0 Å². The Hall–Kier alpha value is -3.08. The van der Waals surface area contributed by atoms with Gasteiger partial charge in [-0.2, -0.15) is 13.2 Å². The van der Waals surface area contributed by atoms with Crippen LogP contribution in [-0.4, -0.2) is 45.1 Å². The number of alkyl halides is 3. The van der Waals surface area contributed by atoms with Gasteiger partial charge >= 0.3 is 6.18 Å². The molecule has 36 heavy (non-hydrogen) atoms. The van der Waals surface area contributed by atoms with Crippen molar-refractivity contribution in [3.8, 4) is 11.1 Å². The van der Waals surface area contributed by atoms with Crippen molar-refractivity contribution in [1.29, 1.82) is 0 Å². The maximum atomic E-state index is 13.8. The first-order chi connectivity index (χ1) is 16.9. The van der Waals surface area contributed by atoms with E-state index in [-0.39, 0.29) is 53.9 Å². The molecule has 0 unspecified atom stereocenters. The molecule has 0 spiro atoms. The molecule has 2 aromatic carbocycles. The Labute approximate surface area is 207 Å². The average Bonchev–Trinajstić information content (AvgIpc) is 3.59. The van der Waals surface area contributed by atoms with E-state index in [1.165, 1.54) is 13.0 Å². The largest absolute Gasteiger partial charge is 0.416 e. The Morgan fingerprint density at radius 1 is 1.00 bits per heavy atom. The highest BCUT2D eigenvalue weighted by atomic mass is 32.2. The number of rotatable bonds is 3. The first kappa shape index (κ1) is 24.6. The van der Waals surface area contributed by atoms with Gasteiger partial charge < -0.3 is 9.80 Å². The van der Waals surface area contributed by atoms with Gasteiger partial charge in [-0.05, 0) is 67.6 Å². The molecule has 192 valence electrons. The third-order valence-electron chi connectivity index (χ3n) is 6.91. The predicted octanol–water partition coefficient (Wildman–Crippen LogP) is 4.41. The van der Waals surface area contributed by atoms with Crippen LogP contribution in [0.5, 0.6) is 0 Å². The van der Waals surface area contributed by atoms with Gasteiger partial charge in [-0.3, -0.25) is 13.9 Å². The lowest BCUT2D eigenvalue weighted by Gasteiger charge is -2.41. The number of nitrogens with zero attached hydrogens (tertiary/aromatic N) is 3. The Balaban J connectivity index is 1.66. The van der Waals surface area contributed by atoms with E-state index in [0.29, 0.717) is 23.4 Å². The molecule has 2 amide bonds. The number of benzene rings is 2. The summed E-state index contributed by atoms with van der Waals surface area (Å²) in [7, 11) is -3.69. The molecule has 1 saturated heterocycles. The standard InChI is InChI=1S/C25H26F3N3O4S/c1-15-14-29(24(33)17-4-5-17)23-12-18(6-7-22(23)31(15)16(2)32)19-10-20(25(26,27)28)13-21(11-19)30-8-3-9-36(30,34)35/h6-7,10-13,15,17H,3-5,8-9,14H2,1-2H3/t15-/m0/s1. The summed E-state index contributed by atoms with van der Waals surface area (Å²) in [5.41, 5.74) is 0.555. The maximum absolute atomic E-state index is 13.8. The van der Waals surface area contributed by atoms with Crippen LogP contribution in [0.4, 0.5) is 30.2 Å². The highest BCUT2D eigenvalue weighted by molar-refractivity contribution is 7.93. The molecular formula is C25H26F3N3O4S. The van der Waals surface area contributed by atoms with E-state index in [9.17, 15) is 31.2 Å². The van der Waals surface area contributed by atoms with Gasteiger partial charge in [0.15, 0.2) is 0 Å². The second-order valence-corrected chi connectivity index (χ2v) is 11.7. The molecule has 0 radical (unpaired) electrons. The fourth-order valence-corrected chi connectivity index (χ4v) is 6.61. The molecule has 0 bridgehead atoms. The SMILES string of the molecule is CC(=O)N1c2ccc(-c3cc(N4CCCS4(=O)=O)cc(C(F)(F)F)c3)cc2N(C(=O)C2CC2)C[C@@H]1C. The van der Waals surface area contributed by atoms with Crippen LogP contribution in [0.15, 0.2) is 36.4 Å². The van der Waals surface area contributed by atoms with Crippen LogP contribution in [0.25, 0.3) is 11.1 Å². The fraction of sp³-hybridized carbons (Fsp3) is 0.440.